The second-order valence-corrected chi connectivity index (χ2v) is 6.96. The summed E-state index contributed by atoms with van der Waals surface area (Å²) in [7, 11) is 0. The molecule has 2 aromatic carbocycles. The Bertz CT molecular complexity index is 987. The zero-order valence-electron chi connectivity index (χ0n) is 16.3. The molecule has 1 aliphatic rings. The highest BCUT2D eigenvalue weighted by atomic mass is 16.2. The molecule has 0 saturated heterocycles. The molecule has 0 fully saturated rings. The van der Waals surface area contributed by atoms with Crippen molar-refractivity contribution >= 4 is 23.2 Å². The standard InChI is InChI=1S/C23H24N4O/c1-3-26(19-12-5-4-6-13-19)22(28)20-16-17(2)24-23(25-20)27-15-9-11-18-10-7-8-14-21(18)27/h4-8,10,12-14,16H,3,9,11,15H2,1-2H3. The lowest BCUT2D eigenvalue weighted by Crippen LogP contribution is -2.32. The number of nitrogens with zero attached hydrogens (tertiary/aromatic N) is 4. The first kappa shape index (κ1) is 18.2. The molecule has 0 spiro atoms. The lowest BCUT2D eigenvalue weighted by molar-refractivity contribution is 0.0983. The van der Waals surface area contributed by atoms with Crippen LogP contribution < -0.4 is 9.80 Å². The van der Waals surface area contributed by atoms with E-state index in [9.17, 15) is 4.79 Å². The van der Waals surface area contributed by atoms with Crippen LogP contribution >= 0.6 is 0 Å². The largest absolute Gasteiger partial charge is 0.310 e. The molecule has 2 heterocycles. The van der Waals surface area contributed by atoms with Crippen LogP contribution in [0.4, 0.5) is 17.3 Å². The van der Waals surface area contributed by atoms with Crippen molar-refractivity contribution in [3.63, 3.8) is 0 Å². The quantitative estimate of drug-likeness (QED) is 0.675. The van der Waals surface area contributed by atoms with Gasteiger partial charge in [0.05, 0.1) is 0 Å². The van der Waals surface area contributed by atoms with Gasteiger partial charge in [0.25, 0.3) is 5.91 Å². The number of aromatic nitrogens is 2. The molecule has 142 valence electrons. The van der Waals surface area contributed by atoms with E-state index in [1.54, 1.807) is 11.0 Å². The number of fused-ring (bicyclic) bond motifs is 1. The van der Waals surface area contributed by atoms with E-state index in [4.69, 9.17) is 0 Å². The predicted molar refractivity (Wildman–Crippen MR) is 112 cm³/mol. The molecule has 1 aliphatic heterocycles. The van der Waals surface area contributed by atoms with Crippen molar-refractivity contribution in [2.45, 2.75) is 26.7 Å². The fourth-order valence-electron chi connectivity index (χ4n) is 3.71. The van der Waals surface area contributed by atoms with Gasteiger partial charge in [-0.25, -0.2) is 9.97 Å². The van der Waals surface area contributed by atoms with E-state index in [2.05, 4.69) is 33.1 Å². The highest BCUT2D eigenvalue weighted by molar-refractivity contribution is 6.05. The smallest absolute Gasteiger partial charge is 0.277 e. The molecule has 4 rings (SSSR count). The van der Waals surface area contributed by atoms with Gasteiger partial charge in [0, 0.05) is 30.2 Å². The molecule has 0 N–H and O–H groups in total. The summed E-state index contributed by atoms with van der Waals surface area (Å²) in [6.07, 6.45) is 2.10. The summed E-state index contributed by atoms with van der Waals surface area (Å²) in [6, 6.07) is 19.8. The van der Waals surface area contributed by atoms with Gasteiger partial charge in [-0.3, -0.25) is 4.79 Å². The number of hydrogen-bond donors (Lipinski definition) is 0. The summed E-state index contributed by atoms with van der Waals surface area (Å²) in [6.45, 7) is 5.31. The van der Waals surface area contributed by atoms with E-state index in [1.165, 1.54) is 5.56 Å². The molecular weight excluding hydrogens is 348 g/mol. The van der Waals surface area contributed by atoms with Gasteiger partial charge < -0.3 is 9.80 Å². The maximum Gasteiger partial charge on any atom is 0.277 e. The van der Waals surface area contributed by atoms with Crippen LogP contribution in [0.25, 0.3) is 0 Å². The third-order valence-corrected chi connectivity index (χ3v) is 5.04. The lowest BCUT2D eigenvalue weighted by Gasteiger charge is -2.30. The van der Waals surface area contributed by atoms with Crippen molar-refractivity contribution < 1.29 is 4.79 Å². The summed E-state index contributed by atoms with van der Waals surface area (Å²) >= 11 is 0. The van der Waals surface area contributed by atoms with Gasteiger partial charge in [-0.15, -0.1) is 0 Å². The van der Waals surface area contributed by atoms with E-state index in [0.717, 1.165) is 36.5 Å². The van der Waals surface area contributed by atoms with Crippen molar-refractivity contribution in [1.82, 2.24) is 9.97 Å². The number of amides is 1. The van der Waals surface area contributed by atoms with Gasteiger partial charge >= 0.3 is 0 Å². The van der Waals surface area contributed by atoms with E-state index < -0.39 is 0 Å². The molecule has 5 nitrogen and oxygen atoms in total. The van der Waals surface area contributed by atoms with Crippen LogP contribution in [-0.4, -0.2) is 29.0 Å². The average molecular weight is 372 g/mol. The summed E-state index contributed by atoms with van der Waals surface area (Å²) in [4.78, 5) is 26.4. The normalized spacial score (nSPS) is 13.1. The highest BCUT2D eigenvalue weighted by Gasteiger charge is 2.23. The fraction of sp³-hybridized carbons (Fsp3) is 0.261. The molecule has 1 amide bonds. The number of carbonyl (C=O) groups excluding carboxylic acids is 1. The number of hydrogen-bond acceptors (Lipinski definition) is 4. The van der Waals surface area contributed by atoms with Gasteiger partial charge in [0.2, 0.25) is 5.95 Å². The van der Waals surface area contributed by atoms with Crippen molar-refractivity contribution in [2.24, 2.45) is 0 Å². The molecule has 0 saturated carbocycles. The fourth-order valence-corrected chi connectivity index (χ4v) is 3.71. The Hall–Kier alpha value is -3.21. The summed E-state index contributed by atoms with van der Waals surface area (Å²) in [5.41, 5.74) is 4.52. The molecule has 3 aromatic rings. The van der Waals surface area contributed by atoms with E-state index in [0.29, 0.717) is 18.2 Å². The Morgan fingerprint density at radius 1 is 1.07 bits per heavy atom. The van der Waals surface area contributed by atoms with Gasteiger partial charge in [-0.2, -0.15) is 0 Å². The Kier molecular flexibility index (Phi) is 5.06. The van der Waals surface area contributed by atoms with Crippen molar-refractivity contribution in [1.29, 1.82) is 0 Å². The zero-order valence-corrected chi connectivity index (χ0v) is 16.3. The SMILES string of the molecule is CCN(C(=O)c1cc(C)nc(N2CCCc3ccccc32)n1)c1ccccc1. The molecule has 0 aliphatic carbocycles. The van der Waals surface area contributed by atoms with Crippen molar-refractivity contribution in [3.8, 4) is 0 Å². The average Bonchev–Trinajstić information content (AvgIpc) is 2.74. The number of carbonyl (C=O) groups is 1. The van der Waals surface area contributed by atoms with Gasteiger partial charge in [0.15, 0.2) is 0 Å². The second-order valence-electron chi connectivity index (χ2n) is 6.96. The van der Waals surface area contributed by atoms with E-state index in [1.807, 2.05) is 50.2 Å². The van der Waals surface area contributed by atoms with Gasteiger partial charge in [-0.1, -0.05) is 36.4 Å². The summed E-state index contributed by atoms with van der Waals surface area (Å²) in [5.74, 6) is 0.491. The minimum absolute atomic E-state index is 0.106. The van der Waals surface area contributed by atoms with Crippen molar-refractivity contribution in [2.75, 3.05) is 22.9 Å². The van der Waals surface area contributed by atoms with Crippen LogP contribution in [0, 0.1) is 6.92 Å². The number of anilines is 3. The first-order valence-corrected chi connectivity index (χ1v) is 9.75. The van der Waals surface area contributed by atoms with Crippen LogP contribution in [0.1, 0.15) is 35.1 Å². The van der Waals surface area contributed by atoms with E-state index in [-0.39, 0.29) is 5.91 Å². The van der Waals surface area contributed by atoms with E-state index >= 15 is 0 Å². The molecule has 1 aromatic heterocycles. The molecule has 5 heteroatoms. The second kappa shape index (κ2) is 7.80. The molecule has 0 atom stereocenters. The Morgan fingerprint density at radius 2 is 1.82 bits per heavy atom. The molecular formula is C23H24N4O. The molecule has 28 heavy (non-hydrogen) atoms. The number of para-hydroxylation sites is 2. The minimum atomic E-state index is -0.106. The number of benzene rings is 2. The first-order chi connectivity index (χ1) is 13.7. The number of aryl methyl sites for hydroxylation is 2. The topological polar surface area (TPSA) is 49.3 Å². The maximum atomic E-state index is 13.2. The zero-order chi connectivity index (χ0) is 19.5. The Labute approximate surface area is 165 Å². The van der Waals surface area contributed by atoms with Gasteiger partial charge in [0.1, 0.15) is 5.69 Å². The molecule has 0 bridgehead atoms. The van der Waals surface area contributed by atoms with Crippen LogP contribution in [-0.2, 0) is 6.42 Å². The Balaban J connectivity index is 1.71. The molecule has 0 unspecified atom stereocenters. The third kappa shape index (κ3) is 3.48. The summed E-state index contributed by atoms with van der Waals surface area (Å²) in [5, 5.41) is 0. The van der Waals surface area contributed by atoms with Gasteiger partial charge in [-0.05, 0) is 56.5 Å². The van der Waals surface area contributed by atoms with Crippen LogP contribution in [0.15, 0.2) is 60.7 Å². The maximum absolute atomic E-state index is 13.2. The predicted octanol–water partition coefficient (Wildman–Crippen LogP) is 4.54. The van der Waals surface area contributed by atoms with Crippen LogP contribution in [0.3, 0.4) is 0 Å². The monoisotopic (exact) mass is 372 g/mol. The first-order valence-electron chi connectivity index (χ1n) is 9.75. The lowest BCUT2D eigenvalue weighted by atomic mass is 10.0. The third-order valence-electron chi connectivity index (χ3n) is 5.04. The van der Waals surface area contributed by atoms with Crippen LogP contribution in [0.2, 0.25) is 0 Å². The molecule has 0 radical (unpaired) electrons. The highest BCUT2D eigenvalue weighted by Crippen LogP contribution is 2.31. The van der Waals surface area contributed by atoms with Crippen molar-refractivity contribution in [3.05, 3.63) is 77.6 Å². The summed E-state index contributed by atoms with van der Waals surface area (Å²) < 4.78 is 0. The van der Waals surface area contributed by atoms with Crippen LogP contribution in [0.5, 0.6) is 0 Å². The Morgan fingerprint density at radius 3 is 2.61 bits per heavy atom. The number of rotatable bonds is 4. The minimum Gasteiger partial charge on any atom is -0.310 e.